The molecule has 6 rings (SSSR count). The van der Waals surface area contributed by atoms with Crippen LogP contribution in [0.5, 0.6) is 0 Å². The first-order valence-electron chi connectivity index (χ1n) is 22.4. The average molecular weight is 821 g/mol. The van der Waals surface area contributed by atoms with E-state index in [-0.39, 0.29) is 102 Å². The largest absolute Gasteiger partial charge is 0.481 e. The van der Waals surface area contributed by atoms with Gasteiger partial charge in [-0.05, 0) is 134 Å². The van der Waals surface area contributed by atoms with Gasteiger partial charge in [-0.25, -0.2) is 4.39 Å². The molecular formula is C49H73FN2O7. The minimum atomic E-state index is -0.943. The molecule has 1 aromatic carbocycles. The third kappa shape index (κ3) is 7.96. The van der Waals surface area contributed by atoms with E-state index in [1.807, 2.05) is 19.0 Å². The molecule has 9 atom stereocenters. The van der Waals surface area contributed by atoms with Gasteiger partial charge in [-0.3, -0.25) is 19.2 Å². The lowest BCUT2D eigenvalue weighted by Crippen LogP contribution is -2.66. The number of carbonyl (C=O) groups is 4. The van der Waals surface area contributed by atoms with Gasteiger partial charge in [0.1, 0.15) is 11.9 Å². The fourth-order valence-electron chi connectivity index (χ4n) is 14.2. The number of Topliss-reactive ketones (excluding diaryl/α,β-unsaturated/α-hetero) is 1. The molecule has 2 N–H and O–H groups in total. The molecular weight excluding hydrogens is 748 g/mol. The maximum atomic E-state index is 14.3. The standard InChI is InChI=1S/C49H73FN2O7/c1-30(2)42-34(53)24-49(37(54)28-52(39(55)29-51(10)11)27-31-12-14-32(50)15-13-31)23-22-47(8)33(43(42)49)16-17-36-46(7)20-19-38(45(5,6)35(46)18-21-48(36,47)9)59-41(58)26-44(3,4)25-40(56)57/h12-15,30,33,35-38,54H,16-29H2,1-11H3,(H,56,57). The number of rotatable bonds is 13. The van der Waals surface area contributed by atoms with Gasteiger partial charge in [0, 0.05) is 30.3 Å². The highest BCUT2D eigenvalue weighted by molar-refractivity contribution is 6.00. The van der Waals surface area contributed by atoms with Crippen molar-refractivity contribution in [1.82, 2.24) is 9.80 Å². The van der Waals surface area contributed by atoms with Crippen LogP contribution in [0, 0.1) is 62.0 Å². The average Bonchev–Trinajstić information content (AvgIpc) is 3.42. The zero-order valence-electron chi connectivity index (χ0n) is 37.9. The van der Waals surface area contributed by atoms with Crippen LogP contribution in [0.2, 0.25) is 0 Å². The van der Waals surface area contributed by atoms with Crippen molar-refractivity contribution in [3.05, 3.63) is 46.8 Å². The van der Waals surface area contributed by atoms with Crippen LogP contribution >= 0.6 is 0 Å². The van der Waals surface area contributed by atoms with E-state index in [0.29, 0.717) is 18.3 Å². The van der Waals surface area contributed by atoms with E-state index in [9.17, 15) is 33.8 Å². The van der Waals surface area contributed by atoms with E-state index < -0.39 is 22.9 Å². The molecule has 1 aromatic rings. The van der Waals surface area contributed by atoms with E-state index in [4.69, 9.17) is 4.74 Å². The van der Waals surface area contributed by atoms with Gasteiger partial charge in [0.2, 0.25) is 5.91 Å². The van der Waals surface area contributed by atoms with Crippen LogP contribution in [0.15, 0.2) is 35.4 Å². The Balaban J connectivity index is 1.29. The molecule has 4 saturated carbocycles. The molecule has 0 radical (unpaired) electrons. The Bertz CT molecular complexity index is 1840. The molecule has 0 spiro atoms. The number of nitrogens with zero attached hydrogens (tertiary/aromatic N) is 2. The van der Waals surface area contributed by atoms with Crippen LogP contribution in [-0.4, -0.2) is 83.0 Å². The van der Waals surface area contributed by atoms with Crippen molar-refractivity contribution in [2.24, 2.45) is 56.2 Å². The van der Waals surface area contributed by atoms with E-state index in [1.165, 1.54) is 12.1 Å². The van der Waals surface area contributed by atoms with Gasteiger partial charge in [0.05, 0.1) is 25.5 Å². The maximum Gasteiger partial charge on any atom is 0.306 e. The summed E-state index contributed by atoms with van der Waals surface area (Å²) in [5.74, 6) is -0.684. The summed E-state index contributed by atoms with van der Waals surface area (Å²) in [6.07, 6.45) is 6.31. The molecule has 0 saturated heterocycles. The van der Waals surface area contributed by atoms with E-state index >= 15 is 0 Å². The first-order valence-corrected chi connectivity index (χ1v) is 22.4. The summed E-state index contributed by atoms with van der Waals surface area (Å²) in [5.41, 5.74) is 0.986. The summed E-state index contributed by atoms with van der Waals surface area (Å²) >= 11 is 0. The number of amides is 1. The van der Waals surface area contributed by atoms with Gasteiger partial charge >= 0.3 is 11.9 Å². The number of halogens is 1. The van der Waals surface area contributed by atoms with Gasteiger partial charge in [0.15, 0.2) is 5.78 Å². The highest BCUT2D eigenvalue weighted by Crippen LogP contribution is 2.77. The number of allylic oxidation sites excluding steroid dienone is 1. The van der Waals surface area contributed by atoms with Gasteiger partial charge in [-0.2, -0.15) is 0 Å². The van der Waals surface area contributed by atoms with Gasteiger partial charge in [-0.1, -0.05) is 80.0 Å². The summed E-state index contributed by atoms with van der Waals surface area (Å²) in [6, 6.07) is 6.16. The third-order valence-corrected chi connectivity index (χ3v) is 17.1. The van der Waals surface area contributed by atoms with E-state index in [0.717, 1.165) is 61.7 Å². The Morgan fingerprint density at radius 3 is 2.17 bits per heavy atom. The Hall–Kier alpha value is -3.11. The molecule has 5 aliphatic carbocycles. The predicted molar refractivity (Wildman–Crippen MR) is 226 cm³/mol. The van der Waals surface area contributed by atoms with Crippen molar-refractivity contribution < 1.29 is 38.5 Å². The van der Waals surface area contributed by atoms with Crippen LogP contribution < -0.4 is 0 Å². The molecule has 9 nitrogen and oxygen atoms in total. The number of fused-ring (bicyclic) bond motifs is 7. The number of aliphatic hydroxyl groups excluding tert-OH is 1. The fourth-order valence-corrected chi connectivity index (χ4v) is 14.2. The molecule has 328 valence electrons. The lowest BCUT2D eigenvalue weighted by atomic mass is 9.33. The summed E-state index contributed by atoms with van der Waals surface area (Å²) in [4.78, 5) is 56.4. The highest BCUT2D eigenvalue weighted by Gasteiger charge is 2.71. The smallest absolute Gasteiger partial charge is 0.306 e. The number of aliphatic hydroxyl groups is 1. The monoisotopic (exact) mass is 821 g/mol. The zero-order valence-corrected chi connectivity index (χ0v) is 37.9. The van der Waals surface area contributed by atoms with Gasteiger partial charge in [0.25, 0.3) is 0 Å². The number of aliphatic carboxylic acids is 1. The molecule has 0 heterocycles. The number of hydrogen-bond donors (Lipinski definition) is 2. The summed E-state index contributed by atoms with van der Waals surface area (Å²) in [6.45, 7) is 20.4. The maximum absolute atomic E-state index is 14.3. The number of benzene rings is 1. The minimum Gasteiger partial charge on any atom is -0.481 e. The number of ketones is 1. The van der Waals surface area contributed by atoms with Gasteiger partial charge in [-0.15, -0.1) is 0 Å². The molecule has 9 unspecified atom stereocenters. The Kier molecular flexibility index (Phi) is 12.3. The van der Waals surface area contributed by atoms with Crippen molar-refractivity contribution >= 4 is 23.6 Å². The van der Waals surface area contributed by atoms with Crippen LogP contribution in [0.4, 0.5) is 4.39 Å². The molecule has 59 heavy (non-hydrogen) atoms. The molecule has 0 aliphatic heterocycles. The Morgan fingerprint density at radius 1 is 0.898 bits per heavy atom. The molecule has 10 heteroatoms. The first-order chi connectivity index (χ1) is 27.3. The zero-order chi connectivity index (χ0) is 43.7. The van der Waals surface area contributed by atoms with Gasteiger partial charge < -0.3 is 24.7 Å². The third-order valence-electron chi connectivity index (χ3n) is 17.1. The second-order valence-corrected chi connectivity index (χ2v) is 22.3. The van der Waals surface area contributed by atoms with E-state index in [2.05, 4.69) is 48.5 Å². The normalized spacial score (nSPS) is 34.5. The van der Waals surface area contributed by atoms with Crippen LogP contribution in [0.1, 0.15) is 139 Å². The molecule has 5 aliphatic rings. The fraction of sp³-hybridized carbons (Fsp3) is 0.755. The SMILES string of the molecule is CC(C)C1=C2C3CCC4C5(C)CCC(OC(=O)CC(C)(C)CC(=O)O)C(C)(C)C5CCC4(C)C3(C)CCC2(C(O)CN(Cc2ccc(F)cc2)C(=O)CN(C)C)CC1=O. The molecule has 1 amide bonds. The number of carboxylic acid groups (broad SMARTS) is 1. The number of hydrogen-bond acceptors (Lipinski definition) is 7. The van der Waals surface area contributed by atoms with Crippen LogP contribution in [0.25, 0.3) is 0 Å². The van der Waals surface area contributed by atoms with Crippen molar-refractivity contribution in [1.29, 1.82) is 0 Å². The topological polar surface area (TPSA) is 124 Å². The lowest BCUT2D eigenvalue weighted by molar-refractivity contribution is -0.235. The number of likely N-dealkylation sites (N-methyl/N-ethyl adjacent to an activating group) is 1. The quantitative estimate of drug-likeness (QED) is 0.189. The Labute approximate surface area is 352 Å². The first kappa shape index (κ1) is 45.4. The lowest BCUT2D eigenvalue weighted by Gasteiger charge is -2.72. The summed E-state index contributed by atoms with van der Waals surface area (Å²) < 4.78 is 20.1. The Morgan fingerprint density at radius 2 is 1.56 bits per heavy atom. The minimum absolute atomic E-state index is 0.00638. The molecule has 0 bridgehead atoms. The predicted octanol–water partition coefficient (Wildman–Crippen LogP) is 8.86. The number of esters is 1. The molecule has 4 fully saturated rings. The second-order valence-electron chi connectivity index (χ2n) is 22.3. The van der Waals surface area contributed by atoms with E-state index in [1.54, 1.807) is 30.9 Å². The van der Waals surface area contributed by atoms with Crippen molar-refractivity contribution in [2.75, 3.05) is 27.2 Å². The number of carbonyl (C=O) groups excluding carboxylic acids is 3. The van der Waals surface area contributed by atoms with Crippen molar-refractivity contribution in [3.63, 3.8) is 0 Å². The second kappa shape index (κ2) is 16.0. The van der Waals surface area contributed by atoms with Crippen LogP contribution in [0.3, 0.4) is 0 Å². The number of ether oxygens (including phenoxy) is 1. The summed E-state index contributed by atoms with van der Waals surface area (Å²) in [7, 11) is 3.69. The highest BCUT2D eigenvalue weighted by atomic mass is 19.1. The summed E-state index contributed by atoms with van der Waals surface area (Å²) in [5, 5.41) is 22.0. The van der Waals surface area contributed by atoms with Crippen molar-refractivity contribution in [3.8, 4) is 0 Å². The van der Waals surface area contributed by atoms with Crippen LogP contribution in [-0.2, 0) is 30.5 Å². The molecule has 0 aromatic heterocycles. The number of carboxylic acids is 1. The van der Waals surface area contributed by atoms with Crippen molar-refractivity contribution in [2.45, 2.75) is 152 Å².